The van der Waals surface area contributed by atoms with Gasteiger partial charge in [-0.05, 0) is 30.2 Å². The van der Waals surface area contributed by atoms with Crippen molar-refractivity contribution in [1.29, 1.82) is 0 Å². The third-order valence-electron chi connectivity index (χ3n) is 3.15. The van der Waals surface area contributed by atoms with Crippen molar-refractivity contribution in [2.75, 3.05) is 32.9 Å². The molecule has 2 rings (SSSR count). The largest absolute Gasteiger partial charge is 0.395 e. The molecule has 1 fully saturated rings. The molecule has 0 bridgehead atoms. The molecular weight excluding hydrogens is 234 g/mol. The molecule has 1 aromatic rings. The lowest BCUT2D eigenvalue weighted by atomic mass is 10.0. The second-order valence-corrected chi connectivity index (χ2v) is 5.65. The van der Waals surface area contributed by atoms with Gasteiger partial charge >= 0.3 is 0 Å². The predicted molar refractivity (Wildman–Crippen MR) is 70.2 cm³/mol. The van der Waals surface area contributed by atoms with Gasteiger partial charge in [-0.2, -0.15) is 0 Å². The first-order valence-electron chi connectivity index (χ1n) is 6.32. The average molecular weight is 255 g/mol. The summed E-state index contributed by atoms with van der Waals surface area (Å²) >= 11 is 1.78. The minimum absolute atomic E-state index is 0.235. The van der Waals surface area contributed by atoms with Crippen LogP contribution in [0.1, 0.15) is 17.7 Å². The number of aliphatic hydroxyl groups excluding tert-OH is 1. The number of nitrogens with zero attached hydrogens (tertiary/aromatic N) is 1. The van der Waals surface area contributed by atoms with Gasteiger partial charge in [0, 0.05) is 31.1 Å². The highest BCUT2D eigenvalue weighted by Crippen LogP contribution is 2.17. The summed E-state index contributed by atoms with van der Waals surface area (Å²) in [6, 6.07) is 4.24. The molecule has 3 nitrogen and oxygen atoms in total. The lowest BCUT2D eigenvalue weighted by molar-refractivity contribution is 0.0346. The SMILES string of the molecule is OCCN(Cc1cccs1)CC1CCCOC1. The van der Waals surface area contributed by atoms with Crippen molar-refractivity contribution >= 4 is 11.3 Å². The van der Waals surface area contributed by atoms with Gasteiger partial charge in [-0.15, -0.1) is 11.3 Å². The van der Waals surface area contributed by atoms with Crippen LogP contribution in [0, 0.1) is 5.92 Å². The van der Waals surface area contributed by atoms with Crippen molar-refractivity contribution in [3.63, 3.8) is 0 Å². The zero-order chi connectivity index (χ0) is 11.9. The van der Waals surface area contributed by atoms with E-state index in [-0.39, 0.29) is 6.61 Å². The summed E-state index contributed by atoms with van der Waals surface area (Å²) in [4.78, 5) is 3.71. The van der Waals surface area contributed by atoms with Crippen LogP contribution in [0.3, 0.4) is 0 Å². The van der Waals surface area contributed by atoms with Crippen LogP contribution in [-0.4, -0.2) is 42.9 Å². The van der Waals surface area contributed by atoms with E-state index in [9.17, 15) is 0 Å². The maximum absolute atomic E-state index is 9.13. The van der Waals surface area contributed by atoms with Crippen LogP contribution in [0.5, 0.6) is 0 Å². The lowest BCUT2D eigenvalue weighted by Crippen LogP contribution is -2.34. The van der Waals surface area contributed by atoms with Gasteiger partial charge in [0.1, 0.15) is 0 Å². The molecule has 4 heteroatoms. The van der Waals surface area contributed by atoms with Crippen molar-refractivity contribution in [1.82, 2.24) is 4.90 Å². The number of thiophene rings is 1. The van der Waals surface area contributed by atoms with Gasteiger partial charge in [0.05, 0.1) is 13.2 Å². The third kappa shape index (κ3) is 4.39. The van der Waals surface area contributed by atoms with E-state index in [1.807, 2.05) is 0 Å². The highest BCUT2D eigenvalue weighted by atomic mass is 32.1. The maximum atomic E-state index is 9.13. The molecule has 2 heterocycles. The maximum Gasteiger partial charge on any atom is 0.0558 e. The summed E-state index contributed by atoms with van der Waals surface area (Å²) in [7, 11) is 0. The van der Waals surface area contributed by atoms with E-state index in [0.29, 0.717) is 5.92 Å². The molecule has 96 valence electrons. The van der Waals surface area contributed by atoms with Gasteiger partial charge in [0.25, 0.3) is 0 Å². The summed E-state index contributed by atoms with van der Waals surface area (Å²) in [6.45, 7) is 4.79. The first kappa shape index (κ1) is 13.0. The average Bonchev–Trinajstić information content (AvgIpc) is 2.83. The molecule has 17 heavy (non-hydrogen) atoms. The van der Waals surface area contributed by atoms with Crippen LogP contribution < -0.4 is 0 Å². The molecule has 0 amide bonds. The summed E-state index contributed by atoms with van der Waals surface area (Å²) < 4.78 is 5.51. The molecule has 0 saturated carbocycles. The van der Waals surface area contributed by atoms with E-state index in [1.54, 1.807) is 11.3 Å². The Kier molecular flexibility index (Phi) is 5.45. The number of aliphatic hydroxyl groups is 1. The highest BCUT2D eigenvalue weighted by molar-refractivity contribution is 7.09. The van der Waals surface area contributed by atoms with Crippen LogP contribution in [-0.2, 0) is 11.3 Å². The first-order valence-corrected chi connectivity index (χ1v) is 7.20. The molecule has 1 aliphatic heterocycles. The van der Waals surface area contributed by atoms with Crippen molar-refractivity contribution in [2.24, 2.45) is 5.92 Å². The Bertz CT molecular complexity index is 296. The number of hydrogen-bond donors (Lipinski definition) is 1. The standard InChI is InChI=1S/C13H21NO2S/c15-6-5-14(10-13-4-2-8-17-13)9-12-3-1-7-16-11-12/h2,4,8,12,15H,1,3,5-7,9-11H2. The van der Waals surface area contributed by atoms with Crippen LogP contribution in [0.4, 0.5) is 0 Å². The Labute approximate surface area is 107 Å². The van der Waals surface area contributed by atoms with Gasteiger partial charge in [-0.3, -0.25) is 4.90 Å². The minimum atomic E-state index is 0.235. The third-order valence-corrected chi connectivity index (χ3v) is 4.01. The van der Waals surface area contributed by atoms with Crippen molar-refractivity contribution in [2.45, 2.75) is 19.4 Å². The molecular formula is C13H21NO2S. The Morgan fingerprint density at radius 3 is 3.12 bits per heavy atom. The second-order valence-electron chi connectivity index (χ2n) is 4.62. The highest BCUT2D eigenvalue weighted by Gasteiger charge is 2.17. The van der Waals surface area contributed by atoms with Crippen LogP contribution >= 0.6 is 11.3 Å². The molecule has 1 saturated heterocycles. The van der Waals surface area contributed by atoms with Gasteiger partial charge in [0.2, 0.25) is 0 Å². The smallest absolute Gasteiger partial charge is 0.0558 e. The van der Waals surface area contributed by atoms with Crippen molar-refractivity contribution in [3.05, 3.63) is 22.4 Å². The second kappa shape index (κ2) is 7.11. The zero-order valence-corrected chi connectivity index (χ0v) is 11.0. The molecule has 0 aromatic carbocycles. The summed E-state index contributed by atoms with van der Waals surface area (Å²) in [5.74, 6) is 0.635. The zero-order valence-electron chi connectivity index (χ0n) is 10.2. The first-order chi connectivity index (χ1) is 8.38. The van der Waals surface area contributed by atoms with E-state index in [4.69, 9.17) is 9.84 Å². The molecule has 0 spiro atoms. The summed E-state index contributed by atoms with van der Waals surface area (Å²) in [5, 5.41) is 11.2. The van der Waals surface area contributed by atoms with E-state index >= 15 is 0 Å². The number of rotatable bonds is 6. The Hall–Kier alpha value is -0.420. The molecule has 1 atom stereocenters. The molecule has 0 aliphatic carbocycles. The van der Waals surface area contributed by atoms with Gasteiger partial charge in [-0.25, -0.2) is 0 Å². The quantitative estimate of drug-likeness (QED) is 0.843. The van der Waals surface area contributed by atoms with Crippen LogP contribution in [0.2, 0.25) is 0 Å². The normalized spacial score (nSPS) is 20.9. The summed E-state index contributed by atoms with van der Waals surface area (Å²) in [5.41, 5.74) is 0. The Morgan fingerprint density at radius 1 is 1.53 bits per heavy atom. The van der Waals surface area contributed by atoms with E-state index in [1.165, 1.54) is 17.7 Å². The fourth-order valence-corrected chi connectivity index (χ4v) is 3.06. The van der Waals surface area contributed by atoms with E-state index < -0.39 is 0 Å². The predicted octanol–water partition coefficient (Wildman–Crippen LogP) is 1.97. The molecule has 0 radical (unpaired) electrons. The van der Waals surface area contributed by atoms with E-state index in [2.05, 4.69) is 22.4 Å². The topological polar surface area (TPSA) is 32.7 Å². The Balaban J connectivity index is 1.83. The molecule has 1 aromatic heterocycles. The van der Waals surface area contributed by atoms with Gasteiger partial charge in [0.15, 0.2) is 0 Å². The van der Waals surface area contributed by atoms with E-state index in [0.717, 1.165) is 32.8 Å². The van der Waals surface area contributed by atoms with Gasteiger partial charge in [-0.1, -0.05) is 6.07 Å². The molecule has 1 aliphatic rings. The molecule has 1 N–H and O–H groups in total. The monoisotopic (exact) mass is 255 g/mol. The molecule has 1 unspecified atom stereocenters. The lowest BCUT2D eigenvalue weighted by Gasteiger charge is -2.29. The van der Waals surface area contributed by atoms with Crippen molar-refractivity contribution in [3.8, 4) is 0 Å². The fourth-order valence-electron chi connectivity index (χ4n) is 2.32. The number of hydrogen-bond acceptors (Lipinski definition) is 4. The van der Waals surface area contributed by atoms with Gasteiger partial charge < -0.3 is 9.84 Å². The summed E-state index contributed by atoms with van der Waals surface area (Å²) in [6.07, 6.45) is 2.43. The Morgan fingerprint density at radius 2 is 2.47 bits per heavy atom. The van der Waals surface area contributed by atoms with Crippen molar-refractivity contribution < 1.29 is 9.84 Å². The van der Waals surface area contributed by atoms with Crippen LogP contribution in [0.15, 0.2) is 17.5 Å². The minimum Gasteiger partial charge on any atom is -0.395 e. The fraction of sp³-hybridized carbons (Fsp3) is 0.692. The number of ether oxygens (including phenoxy) is 1. The van der Waals surface area contributed by atoms with Crippen LogP contribution in [0.25, 0.3) is 0 Å².